The maximum atomic E-state index is 11.1. The molecule has 0 bridgehead atoms. The predicted molar refractivity (Wildman–Crippen MR) is 120 cm³/mol. The number of rotatable bonds is 11. The van der Waals surface area contributed by atoms with Crippen molar-refractivity contribution >= 4 is 34.9 Å². The molecule has 3 nitrogen and oxygen atoms in total. The molecule has 1 aliphatic carbocycles. The van der Waals surface area contributed by atoms with E-state index in [1.165, 1.54) is 24.1 Å². The maximum Gasteiger partial charge on any atom is 0.120 e. The summed E-state index contributed by atoms with van der Waals surface area (Å²) in [5, 5.41) is 4.34. The molecule has 0 heterocycles. The first-order chi connectivity index (χ1) is 13.6. The van der Waals surface area contributed by atoms with Crippen LogP contribution in [0, 0.1) is 5.92 Å². The standard InChI is InChI=1S/C24H31ClN2O/c1-3-14-27(17-18-5-6-18)24-12-7-20(19(4-2)13-15-28)16-23(24)26-22-10-8-21(25)9-11-22/h7-12,15-16,18-19,26H,3-6,13-14,17H2,1-2H3. The van der Waals surface area contributed by atoms with Gasteiger partial charge in [-0.1, -0.05) is 31.5 Å². The molecule has 2 aromatic rings. The summed E-state index contributed by atoms with van der Waals surface area (Å²) in [6.07, 6.45) is 6.36. The highest BCUT2D eigenvalue weighted by Crippen LogP contribution is 2.37. The molecule has 1 unspecified atom stereocenters. The molecule has 28 heavy (non-hydrogen) atoms. The lowest BCUT2D eigenvalue weighted by molar-refractivity contribution is -0.108. The Bertz CT molecular complexity index is 771. The van der Waals surface area contributed by atoms with E-state index in [9.17, 15) is 4.79 Å². The number of carbonyl (C=O) groups excluding carboxylic acids is 1. The zero-order valence-corrected chi connectivity index (χ0v) is 17.7. The second kappa shape index (κ2) is 9.97. The first-order valence-electron chi connectivity index (χ1n) is 10.5. The number of nitrogens with zero attached hydrogens (tertiary/aromatic N) is 1. The molecule has 2 aromatic carbocycles. The van der Waals surface area contributed by atoms with E-state index in [2.05, 4.69) is 42.3 Å². The van der Waals surface area contributed by atoms with Crippen molar-refractivity contribution in [2.24, 2.45) is 5.92 Å². The van der Waals surface area contributed by atoms with Crippen LogP contribution < -0.4 is 10.2 Å². The maximum absolute atomic E-state index is 11.1. The van der Waals surface area contributed by atoms with Crippen molar-refractivity contribution in [3.05, 3.63) is 53.1 Å². The van der Waals surface area contributed by atoms with E-state index in [-0.39, 0.29) is 5.92 Å². The molecular formula is C24H31ClN2O. The Labute approximate surface area is 174 Å². The number of nitrogens with one attached hydrogen (secondary N) is 1. The molecule has 0 saturated heterocycles. The number of hydrogen-bond acceptors (Lipinski definition) is 3. The second-order valence-corrected chi connectivity index (χ2v) is 8.24. The fraction of sp³-hybridized carbons (Fsp3) is 0.458. The Kier molecular flexibility index (Phi) is 7.38. The highest BCUT2D eigenvalue weighted by atomic mass is 35.5. The fourth-order valence-corrected chi connectivity index (χ4v) is 3.84. The Morgan fingerprint density at radius 1 is 1.18 bits per heavy atom. The van der Waals surface area contributed by atoms with Crippen LogP contribution in [0.5, 0.6) is 0 Å². The summed E-state index contributed by atoms with van der Waals surface area (Å²) in [7, 11) is 0. The van der Waals surface area contributed by atoms with Crippen molar-refractivity contribution in [2.45, 2.75) is 51.9 Å². The number of hydrogen-bond donors (Lipinski definition) is 1. The van der Waals surface area contributed by atoms with Crippen LogP contribution in [0.25, 0.3) is 0 Å². The second-order valence-electron chi connectivity index (χ2n) is 7.81. The van der Waals surface area contributed by atoms with Crippen LogP contribution in [0.3, 0.4) is 0 Å². The highest BCUT2D eigenvalue weighted by Gasteiger charge is 2.25. The summed E-state index contributed by atoms with van der Waals surface area (Å²) < 4.78 is 0. The van der Waals surface area contributed by atoms with Crippen molar-refractivity contribution in [3.8, 4) is 0 Å². The predicted octanol–water partition coefficient (Wildman–Crippen LogP) is 6.79. The van der Waals surface area contributed by atoms with Crippen LogP contribution in [0.1, 0.15) is 57.4 Å². The number of benzene rings is 2. The zero-order chi connectivity index (χ0) is 19.9. The van der Waals surface area contributed by atoms with Crippen LogP contribution in [-0.2, 0) is 4.79 Å². The number of carbonyl (C=O) groups is 1. The summed E-state index contributed by atoms with van der Waals surface area (Å²) in [4.78, 5) is 13.6. The fourth-order valence-electron chi connectivity index (χ4n) is 3.72. The molecule has 0 amide bonds. The molecule has 0 radical (unpaired) electrons. The molecule has 4 heteroatoms. The van der Waals surface area contributed by atoms with Gasteiger partial charge in [-0.3, -0.25) is 0 Å². The quantitative estimate of drug-likeness (QED) is 0.423. The summed E-state index contributed by atoms with van der Waals surface area (Å²) in [6.45, 7) is 6.55. The van der Waals surface area contributed by atoms with Crippen molar-refractivity contribution in [1.82, 2.24) is 0 Å². The molecule has 1 N–H and O–H groups in total. The molecule has 1 atom stereocenters. The largest absolute Gasteiger partial charge is 0.370 e. The SMILES string of the molecule is CCCN(CC1CC1)c1ccc(C(CC)CC=O)cc1Nc1ccc(Cl)cc1. The molecule has 0 aliphatic heterocycles. The minimum atomic E-state index is 0.264. The van der Waals surface area contributed by atoms with E-state index in [1.54, 1.807) is 0 Å². The Balaban J connectivity index is 1.95. The van der Waals surface area contributed by atoms with Crippen molar-refractivity contribution < 1.29 is 4.79 Å². The molecule has 150 valence electrons. The third-order valence-electron chi connectivity index (χ3n) is 5.50. The van der Waals surface area contributed by atoms with Gasteiger partial charge in [0.05, 0.1) is 11.4 Å². The van der Waals surface area contributed by atoms with Crippen molar-refractivity contribution in [1.29, 1.82) is 0 Å². The van der Waals surface area contributed by atoms with Crippen LogP contribution in [0.2, 0.25) is 5.02 Å². The Morgan fingerprint density at radius 3 is 2.54 bits per heavy atom. The van der Waals surface area contributed by atoms with E-state index < -0.39 is 0 Å². The number of halogens is 1. The Morgan fingerprint density at radius 2 is 1.93 bits per heavy atom. The molecular weight excluding hydrogens is 368 g/mol. The minimum absolute atomic E-state index is 0.264. The molecule has 1 fully saturated rings. The number of anilines is 3. The molecule has 0 aromatic heterocycles. The lowest BCUT2D eigenvalue weighted by Gasteiger charge is -2.28. The Hall–Kier alpha value is -2.00. The third kappa shape index (κ3) is 5.51. The van der Waals surface area contributed by atoms with E-state index in [0.717, 1.165) is 54.5 Å². The average molecular weight is 399 g/mol. The van der Waals surface area contributed by atoms with Crippen LogP contribution >= 0.6 is 11.6 Å². The van der Waals surface area contributed by atoms with Gasteiger partial charge < -0.3 is 15.0 Å². The average Bonchev–Trinajstić information content (AvgIpc) is 3.52. The van der Waals surface area contributed by atoms with E-state index in [4.69, 9.17) is 11.6 Å². The lowest BCUT2D eigenvalue weighted by atomic mass is 9.93. The first kappa shape index (κ1) is 20.7. The minimum Gasteiger partial charge on any atom is -0.370 e. The smallest absolute Gasteiger partial charge is 0.120 e. The van der Waals surface area contributed by atoms with Crippen molar-refractivity contribution in [2.75, 3.05) is 23.3 Å². The number of aldehydes is 1. The van der Waals surface area contributed by atoms with Crippen molar-refractivity contribution in [3.63, 3.8) is 0 Å². The third-order valence-corrected chi connectivity index (χ3v) is 5.75. The topological polar surface area (TPSA) is 32.3 Å². The van der Waals surface area contributed by atoms with Crippen LogP contribution in [0.15, 0.2) is 42.5 Å². The van der Waals surface area contributed by atoms with E-state index >= 15 is 0 Å². The monoisotopic (exact) mass is 398 g/mol. The van der Waals surface area contributed by atoms with Gasteiger partial charge in [0, 0.05) is 30.2 Å². The normalized spacial score (nSPS) is 14.5. The molecule has 1 aliphatic rings. The van der Waals surface area contributed by atoms with Gasteiger partial charge in [-0.05, 0) is 79.5 Å². The van der Waals surface area contributed by atoms with Gasteiger partial charge >= 0.3 is 0 Å². The van der Waals surface area contributed by atoms with E-state index in [1.807, 2.05) is 24.3 Å². The first-order valence-corrected chi connectivity index (χ1v) is 10.9. The molecule has 3 rings (SSSR count). The van der Waals surface area contributed by atoms with Crippen LogP contribution in [0.4, 0.5) is 17.1 Å². The van der Waals surface area contributed by atoms with Crippen LogP contribution in [-0.4, -0.2) is 19.4 Å². The van der Waals surface area contributed by atoms with Gasteiger partial charge in [0.15, 0.2) is 0 Å². The molecule has 0 spiro atoms. The summed E-state index contributed by atoms with van der Waals surface area (Å²) in [6, 6.07) is 14.5. The van der Waals surface area contributed by atoms with E-state index in [0.29, 0.717) is 6.42 Å². The summed E-state index contributed by atoms with van der Waals surface area (Å²) in [5.74, 6) is 1.09. The summed E-state index contributed by atoms with van der Waals surface area (Å²) in [5.41, 5.74) is 4.60. The van der Waals surface area contributed by atoms with Gasteiger partial charge in [0.25, 0.3) is 0 Å². The van der Waals surface area contributed by atoms with Gasteiger partial charge in [-0.2, -0.15) is 0 Å². The van der Waals surface area contributed by atoms with Gasteiger partial charge in [0.2, 0.25) is 0 Å². The summed E-state index contributed by atoms with van der Waals surface area (Å²) >= 11 is 6.05. The lowest BCUT2D eigenvalue weighted by Crippen LogP contribution is -2.27. The highest BCUT2D eigenvalue weighted by molar-refractivity contribution is 6.30. The molecule has 1 saturated carbocycles. The van der Waals surface area contributed by atoms with Gasteiger partial charge in [-0.25, -0.2) is 0 Å². The van der Waals surface area contributed by atoms with Gasteiger partial charge in [-0.15, -0.1) is 0 Å². The zero-order valence-electron chi connectivity index (χ0n) is 17.0. The van der Waals surface area contributed by atoms with Gasteiger partial charge in [0.1, 0.15) is 6.29 Å².